The molecular weight excluding hydrogens is 312 g/mol. The molecule has 0 aliphatic carbocycles. The molecule has 1 aromatic rings. The summed E-state index contributed by atoms with van der Waals surface area (Å²) in [6.45, 7) is 3.27. The molecule has 5 heteroatoms. The lowest BCUT2D eigenvalue weighted by molar-refractivity contribution is 0.0641. The van der Waals surface area contributed by atoms with Crippen molar-refractivity contribution in [2.45, 2.75) is 25.0 Å². The highest BCUT2D eigenvalue weighted by Gasteiger charge is 2.24. The van der Waals surface area contributed by atoms with Gasteiger partial charge >= 0.3 is 0 Å². The Balaban J connectivity index is 1.86. The monoisotopic (exact) mass is 332 g/mol. The van der Waals surface area contributed by atoms with E-state index in [4.69, 9.17) is 0 Å². The van der Waals surface area contributed by atoms with E-state index in [0.717, 1.165) is 36.9 Å². The Morgan fingerprint density at radius 3 is 2.94 bits per heavy atom. The highest BCUT2D eigenvalue weighted by Crippen LogP contribution is 2.25. The zero-order valence-corrected chi connectivity index (χ0v) is 13.4. The first-order valence-electron chi connectivity index (χ1n) is 6.35. The average Bonchev–Trinajstić information content (AvgIpc) is 2.70. The summed E-state index contributed by atoms with van der Waals surface area (Å²) >= 11 is 5.23. The minimum atomic E-state index is -0.251. The van der Waals surface area contributed by atoms with Gasteiger partial charge in [-0.3, -0.25) is 0 Å². The third-order valence-electron chi connectivity index (χ3n) is 3.64. The summed E-state index contributed by atoms with van der Waals surface area (Å²) in [5.74, 6) is 0. The van der Waals surface area contributed by atoms with Crippen molar-refractivity contribution in [2.75, 3.05) is 33.7 Å². The standard InChI is InChI=1S/C13H21BrN2OS/c1-15-4-5-16(2)10(9-15)7-11(17)8-13-12(14)3-6-18-13/h3,6,10-11,17H,4-5,7-9H2,1-2H3. The van der Waals surface area contributed by atoms with Crippen LogP contribution < -0.4 is 0 Å². The Morgan fingerprint density at radius 2 is 2.28 bits per heavy atom. The molecule has 1 aliphatic heterocycles. The number of nitrogens with zero attached hydrogens (tertiary/aromatic N) is 2. The Bertz CT molecular complexity index is 385. The Morgan fingerprint density at radius 1 is 1.50 bits per heavy atom. The van der Waals surface area contributed by atoms with E-state index >= 15 is 0 Å². The first-order valence-corrected chi connectivity index (χ1v) is 8.02. The molecular formula is C13H21BrN2OS. The van der Waals surface area contributed by atoms with Gasteiger partial charge in [-0.05, 0) is 47.9 Å². The summed E-state index contributed by atoms with van der Waals surface area (Å²) in [5.41, 5.74) is 0. The lowest BCUT2D eigenvalue weighted by atomic mass is 10.0. The fourth-order valence-corrected chi connectivity index (χ4v) is 4.03. The minimum Gasteiger partial charge on any atom is -0.393 e. The highest BCUT2D eigenvalue weighted by atomic mass is 79.9. The van der Waals surface area contributed by atoms with Crippen molar-refractivity contribution in [3.63, 3.8) is 0 Å². The minimum absolute atomic E-state index is 0.251. The van der Waals surface area contributed by atoms with Crippen molar-refractivity contribution in [3.8, 4) is 0 Å². The lowest BCUT2D eigenvalue weighted by Gasteiger charge is -2.38. The first kappa shape index (κ1) is 14.5. The van der Waals surface area contributed by atoms with Gasteiger partial charge in [0.15, 0.2) is 0 Å². The number of hydrogen-bond acceptors (Lipinski definition) is 4. The van der Waals surface area contributed by atoms with Crippen molar-refractivity contribution in [3.05, 3.63) is 20.8 Å². The van der Waals surface area contributed by atoms with Gasteiger partial charge in [0, 0.05) is 41.4 Å². The molecule has 1 aromatic heterocycles. The van der Waals surface area contributed by atoms with E-state index in [1.54, 1.807) is 11.3 Å². The van der Waals surface area contributed by atoms with Crippen molar-refractivity contribution >= 4 is 27.3 Å². The van der Waals surface area contributed by atoms with Crippen LogP contribution in [0, 0.1) is 0 Å². The molecule has 2 heterocycles. The van der Waals surface area contributed by atoms with Gasteiger partial charge in [0.25, 0.3) is 0 Å². The van der Waals surface area contributed by atoms with Crippen LogP contribution in [0.2, 0.25) is 0 Å². The zero-order valence-electron chi connectivity index (χ0n) is 11.0. The van der Waals surface area contributed by atoms with Crippen molar-refractivity contribution < 1.29 is 5.11 Å². The van der Waals surface area contributed by atoms with E-state index < -0.39 is 0 Å². The molecule has 1 aliphatic rings. The van der Waals surface area contributed by atoms with Gasteiger partial charge < -0.3 is 14.9 Å². The second-order valence-corrected chi connectivity index (χ2v) is 7.04. The molecule has 1 N–H and O–H groups in total. The number of aliphatic hydroxyl groups excluding tert-OH is 1. The third kappa shape index (κ3) is 3.78. The van der Waals surface area contributed by atoms with E-state index in [0.29, 0.717) is 6.04 Å². The fourth-order valence-electron chi connectivity index (χ4n) is 2.44. The quantitative estimate of drug-likeness (QED) is 0.914. The van der Waals surface area contributed by atoms with Gasteiger partial charge in [0.2, 0.25) is 0 Å². The van der Waals surface area contributed by atoms with Crippen LogP contribution in [0.3, 0.4) is 0 Å². The summed E-state index contributed by atoms with van der Waals surface area (Å²) in [4.78, 5) is 5.96. The average molecular weight is 333 g/mol. The maximum atomic E-state index is 10.2. The van der Waals surface area contributed by atoms with Crippen LogP contribution in [0.5, 0.6) is 0 Å². The molecule has 0 bridgehead atoms. The topological polar surface area (TPSA) is 26.7 Å². The second kappa shape index (κ2) is 6.48. The molecule has 102 valence electrons. The largest absolute Gasteiger partial charge is 0.393 e. The summed E-state index contributed by atoms with van der Waals surface area (Å²) in [6.07, 6.45) is 1.36. The maximum absolute atomic E-state index is 10.2. The number of piperazine rings is 1. The number of aliphatic hydroxyl groups is 1. The predicted molar refractivity (Wildman–Crippen MR) is 80.3 cm³/mol. The smallest absolute Gasteiger partial charge is 0.0604 e. The summed E-state index contributed by atoms with van der Waals surface area (Å²) in [7, 11) is 4.31. The van der Waals surface area contributed by atoms with Crippen LogP contribution in [0.15, 0.2) is 15.9 Å². The Labute approximate surface area is 122 Å². The lowest BCUT2D eigenvalue weighted by Crippen LogP contribution is -2.51. The van der Waals surface area contributed by atoms with Crippen LogP contribution in [0.4, 0.5) is 0 Å². The van der Waals surface area contributed by atoms with E-state index in [9.17, 15) is 5.11 Å². The number of rotatable bonds is 4. The van der Waals surface area contributed by atoms with Crippen LogP contribution in [-0.4, -0.2) is 60.8 Å². The van der Waals surface area contributed by atoms with Gasteiger partial charge in [-0.1, -0.05) is 0 Å². The van der Waals surface area contributed by atoms with Crippen molar-refractivity contribution in [1.82, 2.24) is 9.80 Å². The molecule has 2 unspecified atom stereocenters. The molecule has 1 fully saturated rings. The van der Waals surface area contributed by atoms with Crippen LogP contribution in [-0.2, 0) is 6.42 Å². The van der Waals surface area contributed by atoms with E-state index in [2.05, 4.69) is 45.2 Å². The Hall–Kier alpha value is 0.0600. The molecule has 0 saturated carbocycles. The van der Waals surface area contributed by atoms with Gasteiger partial charge in [0.05, 0.1) is 6.10 Å². The summed E-state index contributed by atoms with van der Waals surface area (Å²) in [5, 5.41) is 12.3. The summed E-state index contributed by atoms with van der Waals surface area (Å²) < 4.78 is 1.13. The number of thiophene rings is 1. The fraction of sp³-hybridized carbons (Fsp3) is 0.692. The molecule has 1 saturated heterocycles. The van der Waals surface area contributed by atoms with Gasteiger partial charge in [-0.15, -0.1) is 11.3 Å². The molecule has 0 spiro atoms. The predicted octanol–water partition coefficient (Wildman–Crippen LogP) is 2.05. The molecule has 18 heavy (non-hydrogen) atoms. The summed E-state index contributed by atoms with van der Waals surface area (Å²) in [6, 6.07) is 2.52. The number of hydrogen-bond donors (Lipinski definition) is 1. The number of likely N-dealkylation sites (N-methyl/N-ethyl adjacent to an activating group) is 2. The molecule has 2 rings (SSSR count). The molecule has 3 nitrogen and oxygen atoms in total. The van der Waals surface area contributed by atoms with Crippen LogP contribution in [0.25, 0.3) is 0 Å². The third-order valence-corrected chi connectivity index (χ3v) is 5.59. The Kier molecular flexibility index (Phi) is 5.21. The second-order valence-electron chi connectivity index (χ2n) is 5.18. The first-order chi connectivity index (χ1) is 8.56. The number of halogens is 1. The van der Waals surface area contributed by atoms with Crippen molar-refractivity contribution in [2.24, 2.45) is 0 Å². The molecule has 0 radical (unpaired) electrons. The zero-order chi connectivity index (χ0) is 13.1. The van der Waals surface area contributed by atoms with Crippen molar-refractivity contribution in [1.29, 1.82) is 0 Å². The molecule has 2 atom stereocenters. The van der Waals surface area contributed by atoms with Crippen LogP contribution in [0.1, 0.15) is 11.3 Å². The van der Waals surface area contributed by atoms with E-state index in [1.165, 1.54) is 4.88 Å². The maximum Gasteiger partial charge on any atom is 0.0604 e. The molecule has 0 aromatic carbocycles. The SMILES string of the molecule is CN1CCN(C)C(CC(O)Cc2sccc2Br)C1. The van der Waals surface area contributed by atoms with Crippen LogP contribution >= 0.6 is 27.3 Å². The highest BCUT2D eigenvalue weighted by molar-refractivity contribution is 9.10. The van der Waals surface area contributed by atoms with Gasteiger partial charge in [-0.2, -0.15) is 0 Å². The van der Waals surface area contributed by atoms with Gasteiger partial charge in [0.1, 0.15) is 0 Å². The normalized spacial score (nSPS) is 24.3. The van der Waals surface area contributed by atoms with E-state index in [-0.39, 0.29) is 6.10 Å². The molecule has 0 amide bonds. The van der Waals surface area contributed by atoms with Gasteiger partial charge in [-0.25, -0.2) is 0 Å². The van der Waals surface area contributed by atoms with E-state index in [1.807, 2.05) is 6.07 Å².